The molecule has 0 radical (unpaired) electrons. The number of sulfonamides is 1. The van der Waals surface area contributed by atoms with Gasteiger partial charge in [0.2, 0.25) is 10.0 Å². The lowest BCUT2D eigenvalue weighted by atomic mass is 9.84. The van der Waals surface area contributed by atoms with Gasteiger partial charge in [-0.25, -0.2) is 13.6 Å². The van der Waals surface area contributed by atoms with Crippen LogP contribution in [-0.2, 0) is 20.6 Å². The van der Waals surface area contributed by atoms with Crippen LogP contribution in [0.2, 0.25) is 0 Å². The van der Waals surface area contributed by atoms with Gasteiger partial charge in [-0.2, -0.15) is 8.78 Å². The predicted octanol–water partition coefficient (Wildman–Crippen LogP) is 4.46. The Kier molecular flexibility index (Phi) is 6.75. The van der Waals surface area contributed by atoms with Crippen molar-refractivity contribution in [1.29, 1.82) is 0 Å². The maximum Gasteiger partial charge on any atom is 0.387 e. The summed E-state index contributed by atoms with van der Waals surface area (Å²) in [6.45, 7) is 0.249. The van der Waals surface area contributed by atoms with Gasteiger partial charge in [0, 0.05) is 5.56 Å². The second-order valence-corrected chi connectivity index (χ2v) is 10.0. The largest absolute Gasteiger partial charge is 0.485 e. The van der Waals surface area contributed by atoms with Crippen LogP contribution in [-0.4, -0.2) is 26.1 Å². The zero-order valence-electron chi connectivity index (χ0n) is 17.7. The van der Waals surface area contributed by atoms with Crippen molar-refractivity contribution in [2.75, 3.05) is 0 Å². The number of carboxylic acid groups (broad SMARTS) is 1. The van der Waals surface area contributed by atoms with Crippen LogP contribution in [0.5, 0.6) is 11.5 Å². The SMILES string of the molecule is CC(C)(CCCC1Oc2cccc(OC(F)F)c2-c2ccc(CS(N)(=O)=O)cc21)C(=O)O. The van der Waals surface area contributed by atoms with E-state index in [4.69, 9.17) is 9.88 Å². The van der Waals surface area contributed by atoms with E-state index in [2.05, 4.69) is 4.74 Å². The molecule has 2 aromatic rings. The zero-order chi connectivity index (χ0) is 23.7. The third-order valence-electron chi connectivity index (χ3n) is 5.42. The minimum absolute atomic E-state index is 0.0524. The quantitative estimate of drug-likeness (QED) is 0.560. The van der Waals surface area contributed by atoms with E-state index in [1.165, 1.54) is 6.07 Å². The highest BCUT2D eigenvalue weighted by molar-refractivity contribution is 7.88. The van der Waals surface area contributed by atoms with Crippen molar-refractivity contribution in [3.05, 3.63) is 47.5 Å². The summed E-state index contributed by atoms with van der Waals surface area (Å²) in [4.78, 5) is 11.4. The van der Waals surface area contributed by atoms with E-state index in [0.29, 0.717) is 47.3 Å². The molecule has 0 aromatic heterocycles. The molecule has 1 unspecified atom stereocenters. The molecule has 32 heavy (non-hydrogen) atoms. The van der Waals surface area contributed by atoms with Crippen LogP contribution >= 0.6 is 0 Å². The number of carboxylic acids is 1. The Morgan fingerprint density at radius 3 is 2.62 bits per heavy atom. The summed E-state index contributed by atoms with van der Waals surface area (Å²) in [6, 6.07) is 9.44. The van der Waals surface area contributed by atoms with Gasteiger partial charge in [-0.15, -0.1) is 0 Å². The Balaban J connectivity index is 2.00. The molecule has 7 nitrogen and oxygen atoms in total. The van der Waals surface area contributed by atoms with Gasteiger partial charge in [0.15, 0.2) is 0 Å². The number of hydrogen-bond acceptors (Lipinski definition) is 5. The zero-order valence-corrected chi connectivity index (χ0v) is 18.5. The van der Waals surface area contributed by atoms with Crippen molar-refractivity contribution >= 4 is 16.0 Å². The summed E-state index contributed by atoms with van der Waals surface area (Å²) in [7, 11) is -3.78. The molecule has 2 aromatic carbocycles. The Morgan fingerprint density at radius 2 is 2.00 bits per heavy atom. The molecule has 1 heterocycles. The van der Waals surface area contributed by atoms with Gasteiger partial charge < -0.3 is 14.6 Å². The number of ether oxygens (including phenoxy) is 2. The van der Waals surface area contributed by atoms with E-state index in [1.54, 1.807) is 44.2 Å². The summed E-state index contributed by atoms with van der Waals surface area (Å²) < 4.78 is 59.8. The van der Waals surface area contributed by atoms with E-state index in [-0.39, 0.29) is 11.5 Å². The van der Waals surface area contributed by atoms with Crippen LogP contribution in [0.25, 0.3) is 11.1 Å². The lowest BCUT2D eigenvalue weighted by Crippen LogP contribution is -2.24. The van der Waals surface area contributed by atoms with Crippen LogP contribution in [0.4, 0.5) is 8.78 Å². The number of rotatable bonds is 9. The maximum atomic E-state index is 12.9. The van der Waals surface area contributed by atoms with Crippen molar-refractivity contribution in [2.45, 2.75) is 51.6 Å². The van der Waals surface area contributed by atoms with Crippen molar-refractivity contribution in [3.8, 4) is 22.6 Å². The van der Waals surface area contributed by atoms with Gasteiger partial charge in [-0.05, 0) is 56.4 Å². The number of nitrogens with two attached hydrogens (primary N) is 1. The Bertz CT molecular complexity index is 1120. The van der Waals surface area contributed by atoms with Crippen molar-refractivity contribution in [3.63, 3.8) is 0 Å². The smallest absolute Gasteiger partial charge is 0.387 e. The first kappa shape index (κ1) is 23.9. The molecule has 3 rings (SSSR count). The van der Waals surface area contributed by atoms with Crippen LogP contribution in [0.15, 0.2) is 36.4 Å². The summed E-state index contributed by atoms with van der Waals surface area (Å²) in [6.07, 6.45) is 0.840. The highest BCUT2D eigenvalue weighted by Crippen LogP contribution is 2.49. The maximum absolute atomic E-state index is 12.9. The number of benzene rings is 2. The molecule has 0 bridgehead atoms. The lowest BCUT2D eigenvalue weighted by Gasteiger charge is -2.31. The van der Waals surface area contributed by atoms with Gasteiger partial charge in [-0.3, -0.25) is 4.79 Å². The Hall–Kier alpha value is -2.72. The van der Waals surface area contributed by atoms with Gasteiger partial charge in [0.05, 0.1) is 16.7 Å². The molecule has 0 saturated heterocycles. The first-order valence-corrected chi connectivity index (χ1v) is 11.7. The molecule has 0 amide bonds. The number of aliphatic carboxylic acids is 1. The molecule has 0 saturated carbocycles. The Labute approximate surface area is 185 Å². The number of fused-ring (bicyclic) bond motifs is 3. The average Bonchev–Trinajstić information content (AvgIpc) is 2.66. The van der Waals surface area contributed by atoms with Gasteiger partial charge in [0.1, 0.15) is 17.6 Å². The molecule has 1 aliphatic heterocycles. The molecule has 174 valence electrons. The van der Waals surface area contributed by atoms with E-state index in [0.717, 1.165) is 0 Å². The summed E-state index contributed by atoms with van der Waals surface area (Å²) in [5.41, 5.74) is 1.07. The standard InChI is InChI=1S/C22H25F2NO6S/c1-22(2,20(26)27)10-4-7-16-15-11-13(12-32(25,28)29)8-9-14(15)19-17(30-16)5-3-6-18(19)31-21(23)24/h3,5-6,8-9,11,16,21H,4,7,10,12H2,1-2H3,(H,26,27)(H2,25,28,29). The van der Waals surface area contributed by atoms with Gasteiger partial charge in [-0.1, -0.05) is 24.3 Å². The predicted molar refractivity (Wildman–Crippen MR) is 114 cm³/mol. The first-order valence-electron chi connectivity index (χ1n) is 9.99. The molecule has 3 N–H and O–H groups in total. The van der Waals surface area contributed by atoms with Crippen LogP contribution in [0.3, 0.4) is 0 Å². The first-order chi connectivity index (χ1) is 14.9. The molecule has 0 fully saturated rings. The number of hydrogen-bond donors (Lipinski definition) is 2. The highest BCUT2D eigenvalue weighted by Gasteiger charge is 2.31. The summed E-state index contributed by atoms with van der Waals surface area (Å²) in [5, 5.41) is 14.5. The molecule has 1 atom stereocenters. The fraction of sp³-hybridized carbons (Fsp3) is 0.409. The minimum atomic E-state index is -3.78. The number of primary sulfonamides is 1. The summed E-state index contributed by atoms with van der Waals surface area (Å²) >= 11 is 0. The molecular formula is C22H25F2NO6S. The fourth-order valence-corrected chi connectivity index (χ4v) is 4.41. The fourth-order valence-electron chi connectivity index (χ4n) is 3.76. The molecule has 1 aliphatic rings. The molecule has 0 aliphatic carbocycles. The van der Waals surface area contributed by atoms with E-state index >= 15 is 0 Å². The normalized spacial score (nSPS) is 15.6. The lowest BCUT2D eigenvalue weighted by molar-refractivity contribution is -0.147. The van der Waals surface area contributed by atoms with Crippen LogP contribution in [0.1, 0.15) is 50.3 Å². The van der Waals surface area contributed by atoms with Crippen LogP contribution in [0, 0.1) is 5.41 Å². The van der Waals surface area contributed by atoms with Gasteiger partial charge in [0.25, 0.3) is 0 Å². The van der Waals surface area contributed by atoms with E-state index in [1.807, 2.05) is 0 Å². The molecular weight excluding hydrogens is 444 g/mol. The summed E-state index contributed by atoms with van der Waals surface area (Å²) in [5.74, 6) is -0.987. The van der Waals surface area contributed by atoms with Gasteiger partial charge >= 0.3 is 12.6 Å². The number of halogens is 2. The average molecular weight is 470 g/mol. The second-order valence-electron chi connectivity index (χ2n) is 8.42. The third-order valence-corrected chi connectivity index (χ3v) is 6.16. The van der Waals surface area contributed by atoms with Crippen molar-refractivity contribution < 1.29 is 36.6 Å². The van der Waals surface area contributed by atoms with Crippen LogP contribution < -0.4 is 14.6 Å². The monoisotopic (exact) mass is 469 g/mol. The van der Waals surface area contributed by atoms with Crippen molar-refractivity contribution in [1.82, 2.24) is 0 Å². The van der Waals surface area contributed by atoms with E-state index in [9.17, 15) is 27.1 Å². The topological polar surface area (TPSA) is 116 Å². The Morgan fingerprint density at radius 1 is 1.28 bits per heavy atom. The number of carbonyl (C=O) groups is 1. The van der Waals surface area contributed by atoms with E-state index < -0.39 is 34.1 Å². The number of alkyl halides is 2. The highest BCUT2D eigenvalue weighted by atomic mass is 32.2. The third kappa shape index (κ3) is 5.55. The molecule has 10 heteroatoms. The second kappa shape index (κ2) is 9.03. The minimum Gasteiger partial charge on any atom is -0.485 e. The molecule has 0 spiro atoms. The van der Waals surface area contributed by atoms with Crippen molar-refractivity contribution in [2.24, 2.45) is 10.6 Å².